The number of rotatable bonds is 5. The molecule has 1 unspecified atom stereocenters. The van der Waals surface area contributed by atoms with Crippen LogP contribution in [0.2, 0.25) is 0 Å². The standard InChI is InChI=1S/C16H17N3O4/c1-23-11-3-5-14-13(9-11)16(17-6-7-20)12-4-2-10(19(21)22)8-15(12)18-14/h2-5,8-9,19-21H,6-7H2,1H3,(H,17,18). The number of aliphatic hydroxyl groups is 1. The van der Waals surface area contributed by atoms with Crippen LogP contribution in [-0.2, 0) is 0 Å². The van der Waals surface area contributed by atoms with E-state index in [0.29, 0.717) is 17.8 Å². The van der Waals surface area contributed by atoms with E-state index in [1.165, 1.54) is 0 Å². The Bertz CT molecular complexity index is 851. The predicted octanol–water partition coefficient (Wildman–Crippen LogP) is 1.20. The Morgan fingerprint density at radius 3 is 2.70 bits per heavy atom. The fourth-order valence-corrected chi connectivity index (χ4v) is 2.55. The van der Waals surface area contributed by atoms with Gasteiger partial charge in [0.2, 0.25) is 0 Å². The van der Waals surface area contributed by atoms with Crippen LogP contribution in [0.5, 0.6) is 5.75 Å². The molecule has 1 atom stereocenters. The fourth-order valence-electron chi connectivity index (χ4n) is 2.55. The quantitative estimate of drug-likeness (QED) is 0.417. The third-order valence-electron chi connectivity index (χ3n) is 3.64. The summed E-state index contributed by atoms with van der Waals surface area (Å²) >= 11 is 0. The Hall–Kier alpha value is -2.45. The maximum Gasteiger partial charge on any atom is 0.165 e. The number of hydrogen-bond donors (Lipinski definition) is 4. The Morgan fingerprint density at radius 1 is 1.17 bits per heavy atom. The highest BCUT2D eigenvalue weighted by atomic mass is 16.8. The lowest BCUT2D eigenvalue weighted by molar-refractivity contribution is -0.991. The fraction of sp³-hybridized carbons (Fsp3) is 0.188. The summed E-state index contributed by atoms with van der Waals surface area (Å²) in [5.74, 6) is 0.702. The Labute approximate surface area is 132 Å². The third kappa shape index (κ3) is 2.90. The number of nitrogens with zero attached hydrogens (tertiary/aromatic N) is 1. The third-order valence-corrected chi connectivity index (χ3v) is 3.64. The maximum atomic E-state index is 11.2. The lowest BCUT2D eigenvalue weighted by atomic mass is 10.1. The molecule has 0 bridgehead atoms. The zero-order valence-corrected chi connectivity index (χ0v) is 12.5. The zero-order valence-electron chi connectivity index (χ0n) is 12.5. The number of benzene rings is 2. The van der Waals surface area contributed by atoms with Crippen LogP contribution in [-0.4, -0.2) is 35.6 Å². The summed E-state index contributed by atoms with van der Waals surface area (Å²) in [7, 11) is 1.59. The molecule has 0 aliphatic rings. The first-order chi connectivity index (χ1) is 11.1. The van der Waals surface area contributed by atoms with Gasteiger partial charge in [-0.2, -0.15) is 5.23 Å². The molecule has 0 amide bonds. The van der Waals surface area contributed by atoms with E-state index in [1.807, 2.05) is 12.1 Å². The summed E-state index contributed by atoms with van der Waals surface area (Å²) in [6.07, 6.45) is 0. The molecule has 3 aromatic rings. The van der Waals surface area contributed by atoms with Gasteiger partial charge in [0.25, 0.3) is 0 Å². The summed E-state index contributed by atoms with van der Waals surface area (Å²) in [6, 6.07) is 10.3. The number of pyridine rings is 1. The summed E-state index contributed by atoms with van der Waals surface area (Å²) < 4.78 is 5.26. The minimum absolute atomic E-state index is 0.0114. The molecule has 0 radical (unpaired) electrons. The number of methoxy groups -OCH3 is 1. The van der Waals surface area contributed by atoms with Crippen molar-refractivity contribution in [1.29, 1.82) is 0 Å². The van der Waals surface area contributed by atoms with Gasteiger partial charge in [-0.3, -0.25) is 0 Å². The van der Waals surface area contributed by atoms with Gasteiger partial charge in [-0.25, -0.2) is 10.2 Å². The van der Waals surface area contributed by atoms with Crippen molar-refractivity contribution in [2.45, 2.75) is 0 Å². The minimum Gasteiger partial charge on any atom is -0.595 e. The molecule has 7 heteroatoms. The van der Waals surface area contributed by atoms with Crippen molar-refractivity contribution in [3.63, 3.8) is 0 Å². The minimum atomic E-state index is -0.992. The van der Waals surface area contributed by atoms with E-state index in [9.17, 15) is 5.21 Å². The molecular formula is C16H17N3O4. The van der Waals surface area contributed by atoms with Crippen LogP contribution in [0.1, 0.15) is 0 Å². The van der Waals surface area contributed by atoms with Crippen LogP contribution in [0.4, 0.5) is 11.4 Å². The average Bonchev–Trinajstić information content (AvgIpc) is 2.57. The van der Waals surface area contributed by atoms with Crippen molar-refractivity contribution in [3.8, 4) is 5.75 Å². The van der Waals surface area contributed by atoms with Crippen LogP contribution in [0.3, 0.4) is 0 Å². The highest BCUT2D eigenvalue weighted by molar-refractivity contribution is 6.08. The first-order valence-electron chi connectivity index (χ1n) is 7.13. The monoisotopic (exact) mass is 315 g/mol. The Kier molecular flexibility index (Phi) is 4.26. The van der Waals surface area contributed by atoms with E-state index in [0.717, 1.165) is 22.0 Å². The average molecular weight is 315 g/mol. The van der Waals surface area contributed by atoms with Crippen molar-refractivity contribution >= 4 is 33.2 Å². The van der Waals surface area contributed by atoms with E-state index >= 15 is 0 Å². The molecule has 4 N–H and O–H groups in total. The van der Waals surface area contributed by atoms with Crippen molar-refractivity contribution in [3.05, 3.63) is 41.6 Å². The highest BCUT2D eigenvalue weighted by Crippen LogP contribution is 2.33. The van der Waals surface area contributed by atoms with E-state index in [4.69, 9.17) is 15.1 Å². The number of ether oxygens (including phenoxy) is 1. The lowest BCUT2D eigenvalue weighted by Gasteiger charge is -2.15. The molecule has 0 spiro atoms. The summed E-state index contributed by atoms with van der Waals surface area (Å²) in [6.45, 7) is 0.370. The van der Waals surface area contributed by atoms with Crippen LogP contribution in [0.15, 0.2) is 36.4 Å². The van der Waals surface area contributed by atoms with Crippen molar-refractivity contribution in [1.82, 2.24) is 4.98 Å². The van der Waals surface area contributed by atoms with Crippen molar-refractivity contribution in [2.24, 2.45) is 0 Å². The molecule has 23 heavy (non-hydrogen) atoms. The number of anilines is 1. The SMILES string of the molecule is COc1ccc2nc3cc([NH+]([O-])O)ccc3c(NCCO)c2c1. The number of aliphatic hydroxyl groups excluding tert-OH is 1. The second-order valence-corrected chi connectivity index (χ2v) is 5.06. The summed E-state index contributed by atoms with van der Waals surface area (Å²) in [4.78, 5) is 4.54. The van der Waals surface area contributed by atoms with Gasteiger partial charge >= 0.3 is 0 Å². The molecule has 0 fully saturated rings. The molecule has 1 heterocycles. The van der Waals surface area contributed by atoms with Gasteiger partial charge in [0, 0.05) is 29.4 Å². The van der Waals surface area contributed by atoms with Gasteiger partial charge in [0.15, 0.2) is 5.69 Å². The molecule has 0 saturated heterocycles. The first-order valence-corrected chi connectivity index (χ1v) is 7.13. The summed E-state index contributed by atoms with van der Waals surface area (Å²) in [5.41, 5.74) is 2.30. The highest BCUT2D eigenvalue weighted by Gasteiger charge is 2.12. The second-order valence-electron chi connectivity index (χ2n) is 5.06. The van der Waals surface area contributed by atoms with Gasteiger partial charge in [-0.05, 0) is 24.3 Å². The molecule has 0 aliphatic heterocycles. The molecule has 0 saturated carbocycles. The van der Waals surface area contributed by atoms with E-state index in [2.05, 4.69) is 10.3 Å². The zero-order chi connectivity index (χ0) is 16.4. The van der Waals surface area contributed by atoms with E-state index in [1.54, 1.807) is 31.4 Å². The van der Waals surface area contributed by atoms with Crippen LogP contribution in [0.25, 0.3) is 21.8 Å². The second kappa shape index (κ2) is 6.35. The van der Waals surface area contributed by atoms with Crippen LogP contribution in [0, 0.1) is 5.21 Å². The van der Waals surface area contributed by atoms with E-state index < -0.39 is 5.23 Å². The molecule has 1 aromatic heterocycles. The van der Waals surface area contributed by atoms with Gasteiger partial charge in [-0.1, -0.05) is 0 Å². The number of hydrogen-bond acceptors (Lipinski definition) is 6. The van der Waals surface area contributed by atoms with Gasteiger partial charge in [0.1, 0.15) is 5.75 Å². The first kappa shape index (κ1) is 15.4. The van der Waals surface area contributed by atoms with Crippen molar-refractivity contribution < 1.29 is 20.3 Å². The number of aromatic nitrogens is 1. The Balaban J connectivity index is 2.30. The largest absolute Gasteiger partial charge is 0.595 e. The number of nitrogens with one attached hydrogen (secondary N) is 2. The molecule has 2 aromatic carbocycles. The maximum absolute atomic E-state index is 11.2. The topological polar surface area (TPSA) is 102 Å². The van der Waals surface area contributed by atoms with Crippen LogP contribution < -0.4 is 15.3 Å². The molecular weight excluding hydrogens is 298 g/mol. The molecule has 0 aliphatic carbocycles. The number of quaternary nitrogens is 1. The molecule has 3 rings (SSSR count). The number of fused-ring (bicyclic) bond motifs is 2. The van der Waals surface area contributed by atoms with Gasteiger partial charge < -0.3 is 20.4 Å². The van der Waals surface area contributed by atoms with Gasteiger partial charge in [-0.15, -0.1) is 0 Å². The molecule has 120 valence electrons. The van der Waals surface area contributed by atoms with Crippen molar-refractivity contribution in [2.75, 3.05) is 25.6 Å². The molecule has 7 nitrogen and oxygen atoms in total. The smallest absolute Gasteiger partial charge is 0.165 e. The predicted molar refractivity (Wildman–Crippen MR) is 87.2 cm³/mol. The normalized spacial score (nSPS) is 12.5. The summed E-state index contributed by atoms with van der Waals surface area (Å²) in [5, 5.41) is 33.3. The van der Waals surface area contributed by atoms with Crippen LogP contribution >= 0.6 is 0 Å². The van der Waals surface area contributed by atoms with Gasteiger partial charge in [0.05, 0.1) is 30.4 Å². The van der Waals surface area contributed by atoms with E-state index in [-0.39, 0.29) is 12.3 Å². The Morgan fingerprint density at radius 2 is 2.00 bits per heavy atom. The lowest BCUT2D eigenvalue weighted by Crippen LogP contribution is -2.99.